The van der Waals surface area contributed by atoms with Gasteiger partial charge in [-0.25, -0.2) is 0 Å². The molecule has 1 fully saturated rings. The number of halogens is 3. The summed E-state index contributed by atoms with van der Waals surface area (Å²) in [6.45, 7) is 4.27. The highest BCUT2D eigenvalue weighted by Crippen LogP contribution is 2.36. The molecule has 0 aromatic heterocycles. The minimum Gasteiger partial charge on any atom is -0.380 e. The minimum atomic E-state index is 0.319. The van der Waals surface area contributed by atoms with Crippen molar-refractivity contribution in [3.05, 3.63) is 25.6 Å². The van der Waals surface area contributed by atoms with E-state index < -0.39 is 0 Å². The zero-order valence-electron chi connectivity index (χ0n) is 10.3. The van der Waals surface area contributed by atoms with Crippen molar-refractivity contribution in [1.82, 2.24) is 0 Å². The zero-order chi connectivity index (χ0) is 13.3. The second kappa shape index (κ2) is 6.25. The Morgan fingerprint density at radius 2 is 1.56 bits per heavy atom. The molecule has 1 aliphatic rings. The summed E-state index contributed by atoms with van der Waals surface area (Å²) < 4.78 is 8.95. The highest BCUT2D eigenvalue weighted by Gasteiger charge is 2.25. The molecule has 1 saturated heterocycles. The molecular weight excluding hydrogens is 426 g/mol. The molecule has 2 atom stereocenters. The third kappa shape index (κ3) is 3.71. The van der Waals surface area contributed by atoms with Gasteiger partial charge in [-0.3, -0.25) is 0 Å². The van der Waals surface area contributed by atoms with Crippen LogP contribution in [0.2, 0.25) is 0 Å². The third-order valence-corrected chi connectivity index (χ3v) is 4.76. The molecule has 2 nitrogen and oxygen atoms in total. The second-order valence-corrected chi connectivity index (χ2v) is 7.44. The summed E-state index contributed by atoms with van der Waals surface area (Å²) in [6, 6.07) is 4.57. The van der Waals surface area contributed by atoms with E-state index in [0.717, 1.165) is 31.9 Å². The Labute approximate surface area is 133 Å². The number of nitrogens with one attached hydrogen (secondary N) is 1. The average molecular weight is 442 g/mol. The van der Waals surface area contributed by atoms with Crippen molar-refractivity contribution in [1.29, 1.82) is 0 Å². The van der Waals surface area contributed by atoms with Crippen LogP contribution in [0.4, 0.5) is 5.69 Å². The maximum absolute atomic E-state index is 5.76. The van der Waals surface area contributed by atoms with Crippen molar-refractivity contribution in [2.45, 2.75) is 44.9 Å². The van der Waals surface area contributed by atoms with Gasteiger partial charge < -0.3 is 10.1 Å². The SMILES string of the molecule is CC1CC(Nc2c(Br)cc(Br)cc2Br)CC(C)O1. The molecule has 1 aromatic rings. The van der Waals surface area contributed by atoms with E-state index in [-0.39, 0.29) is 0 Å². The van der Waals surface area contributed by atoms with Gasteiger partial charge in [0.25, 0.3) is 0 Å². The highest BCUT2D eigenvalue weighted by atomic mass is 79.9. The van der Waals surface area contributed by atoms with E-state index in [1.165, 1.54) is 0 Å². The Balaban J connectivity index is 2.14. The number of ether oxygens (including phenoxy) is 1. The molecule has 0 saturated carbocycles. The van der Waals surface area contributed by atoms with Gasteiger partial charge in [-0.05, 0) is 70.7 Å². The molecule has 18 heavy (non-hydrogen) atoms. The van der Waals surface area contributed by atoms with Crippen molar-refractivity contribution < 1.29 is 4.74 Å². The minimum absolute atomic E-state index is 0.319. The lowest BCUT2D eigenvalue weighted by atomic mass is 9.99. The standard InChI is InChI=1S/C13H16Br3NO/c1-7-3-10(4-8(2)18-7)17-13-11(15)5-9(14)6-12(13)16/h5-8,10,17H,3-4H2,1-2H3. The molecule has 0 radical (unpaired) electrons. The lowest BCUT2D eigenvalue weighted by molar-refractivity contribution is -0.0337. The Kier molecular flexibility index (Phi) is 5.14. The van der Waals surface area contributed by atoms with Gasteiger partial charge in [-0.2, -0.15) is 0 Å². The van der Waals surface area contributed by atoms with Gasteiger partial charge in [0, 0.05) is 19.5 Å². The third-order valence-electron chi connectivity index (χ3n) is 3.05. The van der Waals surface area contributed by atoms with E-state index in [1.807, 2.05) is 0 Å². The summed E-state index contributed by atoms with van der Waals surface area (Å²) in [5, 5.41) is 3.61. The predicted octanol–water partition coefficient (Wildman–Crippen LogP) is 5.34. The quantitative estimate of drug-likeness (QED) is 0.668. The van der Waals surface area contributed by atoms with E-state index in [2.05, 4.69) is 79.1 Å². The summed E-state index contributed by atoms with van der Waals surface area (Å²) in [7, 11) is 0. The van der Waals surface area contributed by atoms with Crippen molar-refractivity contribution >= 4 is 53.5 Å². The molecule has 1 heterocycles. The second-order valence-electron chi connectivity index (χ2n) is 4.81. The average Bonchev–Trinajstić information content (AvgIpc) is 2.22. The summed E-state index contributed by atoms with van der Waals surface area (Å²) in [6.07, 6.45) is 2.72. The van der Waals surface area contributed by atoms with Crippen molar-refractivity contribution in [2.75, 3.05) is 5.32 Å². The molecule has 0 aliphatic carbocycles. The number of hydrogen-bond donors (Lipinski definition) is 1. The van der Waals surface area contributed by atoms with Crippen LogP contribution in [0.3, 0.4) is 0 Å². The molecule has 1 aliphatic heterocycles. The number of rotatable bonds is 2. The van der Waals surface area contributed by atoms with E-state index >= 15 is 0 Å². The fourth-order valence-corrected chi connectivity index (χ4v) is 4.89. The summed E-state index contributed by atoms with van der Waals surface area (Å²) in [4.78, 5) is 0. The monoisotopic (exact) mass is 439 g/mol. The lowest BCUT2D eigenvalue weighted by Gasteiger charge is -2.33. The Morgan fingerprint density at radius 1 is 1.06 bits per heavy atom. The van der Waals surface area contributed by atoms with Gasteiger partial charge in [0.05, 0.1) is 17.9 Å². The van der Waals surface area contributed by atoms with E-state index in [9.17, 15) is 0 Å². The van der Waals surface area contributed by atoms with E-state index in [0.29, 0.717) is 18.2 Å². The fraction of sp³-hybridized carbons (Fsp3) is 0.538. The van der Waals surface area contributed by atoms with Crippen LogP contribution in [0.5, 0.6) is 0 Å². The van der Waals surface area contributed by atoms with Gasteiger partial charge in [-0.1, -0.05) is 15.9 Å². The maximum Gasteiger partial charge on any atom is 0.0631 e. The number of anilines is 1. The molecule has 0 bridgehead atoms. The van der Waals surface area contributed by atoms with Crippen LogP contribution in [0.1, 0.15) is 26.7 Å². The Hall–Kier alpha value is 0.420. The first-order chi connectivity index (χ1) is 8.45. The summed E-state index contributed by atoms with van der Waals surface area (Å²) >= 11 is 10.7. The molecule has 0 amide bonds. The molecule has 100 valence electrons. The van der Waals surface area contributed by atoms with Crippen LogP contribution in [0, 0.1) is 0 Å². The van der Waals surface area contributed by atoms with Crippen LogP contribution >= 0.6 is 47.8 Å². The predicted molar refractivity (Wildman–Crippen MR) is 86.2 cm³/mol. The van der Waals surface area contributed by atoms with Crippen molar-refractivity contribution in [3.63, 3.8) is 0 Å². The number of benzene rings is 1. The van der Waals surface area contributed by atoms with Crippen LogP contribution in [0.25, 0.3) is 0 Å². The molecular formula is C13H16Br3NO. The summed E-state index contributed by atoms with van der Waals surface area (Å²) in [5.74, 6) is 0. The first-order valence-corrected chi connectivity index (χ1v) is 8.40. The molecule has 1 aromatic carbocycles. The Morgan fingerprint density at radius 3 is 2.06 bits per heavy atom. The first kappa shape index (κ1) is 14.8. The Bertz CT molecular complexity index is 405. The highest BCUT2D eigenvalue weighted by molar-refractivity contribution is 9.11. The van der Waals surface area contributed by atoms with Gasteiger partial charge >= 0.3 is 0 Å². The smallest absolute Gasteiger partial charge is 0.0631 e. The molecule has 2 rings (SSSR count). The largest absolute Gasteiger partial charge is 0.380 e. The fourth-order valence-electron chi connectivity index (χ4n) is 2.41. The molecule has 5 heteroatoms. The molecule has 0 spiro atoms. The van der Waals surface area contributed by atoms with Crippen LogP contribution in [-0.4, -0.2) is 18.2 Å². The van der Waals surface area contributed by atoms with Crippen LogP contribution in [0.15, 0.2) is 25.6 Å². The van der Waals surface area contributed by atoms with Gasteiger partial charge in [0.15, 0.2) is 0 Å². The van der Waals surface area contributed by atoms with Gasteiger partial charge in [-0.15, -0.1) is 0 Å². The summed E-state index contributed by atoms with van der Waals surface area (Å²) in [5.41, 5.74) is 1.12. The van der Waals surface area contributed by atoms with E-state index in [4.69, 9.17) is 4.74 Å². The van der Waals surface area contributed by atoms with Crippen molar-refractivity contribution in [2.24, 2.45) is 0 Å². The topological polar surface area (TPSA) is 21.3 Å². The lowest BCUT2D eigenvalue weighted by Crippen LogP contribution is -2.37. The number of hydrogen-bond acceptors (Lipinski definition) is 2. The van der Waals surface area contributed by atoms with Crippen LogP contribution in [-0.2, 0) is 4.74 Å². The zero-order valence-corrected chi connectivity index (χ0v) is 15.1. The first-order valence-electron chi connectivity index (χ1n) is 6.02. The van der Waals surface area contributed by atoms with E-state index in [1.54, 1.807) is 0 Å². The maximum atomic E-state index is 5.76. The van der Waals surface area contributed by atoms with Gasteiger partial charge in [0.2, 0.25) is 0 Å². The van der Waals surface area contributed by atoms with Crippen LogP contribution < -0.4 is 5.32 Å². The van der Waals surface area contributed by atoms with Crippen molar-refractivity contribution in [3.8, 4) is 0 Å². The molecule has 2 unspecified atom stereocenters. The molecule has 1 N–H and O–H groups in total. The normalized spacial score (nSPS) is 28.2. The van der Waals surface area contributed by atoms with Gasteiger partial charge in [0.1, 0.15) is 0 Å².